The van der Waals surface area contributed by atoms with Gasteiger partial charge in [-0.25, -0.2) is 4.98 Å². The van der Waals surface area contributed by atoms with Gasteiger partial charge >= 0.3 is 0 Å². The number of halogens is 1. The molecule has 2 atom stereocenters. The maximum absolute atomic E-state index is 6.03. The van der Waals surface area contributed by atoms with Gasteiger partial charge in [-0.05, 0) is 26.3 Å². The van der Waals surface area contributed by atoms with Crippen molar-refractivity contribution in [2.75, 3.05) is 6.54 Å². The Morgan fingerprint density at radius 1 is 1.62 bits per heavy atom. The Bertz CT molecular complexity index is 289. The van der Waals surface area contributed by atoms with Crippen LogP contribution >= 0.6 is 23.7 Å². The van der Waals surface area contributed by atoms with Crippen LogP contribution < -0.4 is 5.73 Å². The molecule has 2 N–H and O–H groups in total. The average Bonchev–Trinajstić information content (AvgIpc) is 2.71. The van der Waals surface area contributed by atoms with Crippen LogP contribution in [-0.4, -0.2) is 28.5 Å². The molecule has 0 aliphatic carbocycles. The Hall–Kier alpha value is -0.160. The van der Waals surface area contributed by atoms with E-state index in [0.29, 0.717) is 6.04 Å². The molecule has 0 radical (unpaired) electrons. The zero-order chi connectivity index (χ0) is 10.7. The molecule has 2 heterocycles. The van der Waals surface area contributed by atoms with Crippen molar-refractivity contribution >= 4 is 23.7 Å². The van der Waals surface area contributed by atoms with Gasteiger partial charge in [0.15, 0.2) is 0 Å². The summed E-state index contributed by atoms with van der Waals surface area (Å²) in [6.45, 7) is 4.26. The minimum absolute atomic E-state index is 0. The zero-order valence-electron chi connectivity index (χ0n) is 9.63. The summed E-state index contributed by atoms with van der Waals surface area (Å²) >= 11 is 1.74. The van der Waals surface area contributed by atoms with Crippen LogP contribution in [0.2, 0.25) is 0 Å². The first-order valence-corrected chi connectivity index (χ1v) is 6.53. The number of thiazole rings is 1. The molecule has 0 saturated carbocycles. The number of hydrogen-bond donors (Lipinski definition) is 1. The molecule has 1 aliphatic rings. The molecule has 5 heteroatoms. The van der Waals surface area contributed by atoms with Crippen LogP contribution in [-0.2, 0) is 6.54 Å². The monoisotopic (exact) mass is 261 g/mol. The van der Waals surface area contributed by atoms with Crippen molar-refractivity contribution in [1.29, 1.82) is 0 Å². The molecule has 0 spiro atoms. The minimum atomic E-state index is 0. The van der Waals surface area contributed by atoms with Crippen LogP contribution in [0, 0.1) is 0 Å². The van der Waals surface area contributed by atoms with Gasteiger partial charge in [-0.15, -0.1) is 23.7 Å². The van der Waals surface area contributed by atoms with Crippen molar-refractivity contribution in [3.05, 3.63) is 16.6 Å². The highest BCUT2D eigenvalue weighted by Gasteiger charge is 2.25. The van der Waals surface area contributed by atoms with E-state index in [1.165, 1.54) is 30.8 Å². The molecule has 2 rings (SSSR count). The van der Waals surface area contributed by atoms with E-state index in [-0.39, 0.29) is 18.4 Å². The number of likely N-dealkylation sites (tertiary alicyclic amines) is 1. The second-order valence-corrected chi connectivity index (χ2v) is 5.30. The van der Waals surface area contributed by atoms with Crippen molar-refractivity contribution < 1.29 is 0 Å². The lowest BCUT2D eigenvalue weighted by molar-refractivity contribution is 0.123. The molecule has 0 amide bonds. The van der Waals surface area contributed by atoms with Gasteiger partial charge in [-0.2, -0.15) is 0 Å². The van der Waals surface area contributed by atoms with Gasteiger partial charge < -0.3 is 5.73 Å². The summed E-state index contributed by atoms with van der Waals surface area (Å²) in [6, 6.07) is 0.813. The third-order valence-corrected chi connectivity index (χ3v) is 3.86. The summed E-state index contributed by atoms with van der Waals surface area (Å²) in [4.78, 5) is 6.83. The van der Waals surface area contributed by atoms with Gasteiger partial charge in [-0.1, -0.05) is 6.42 Å². The fraction of sp³-hybridized carbons (Fsp3) is 0.727. The lowest BCUT2D eigenvalue weighted by Crippen LogP contribution is -2.48. The van der Waals surface area contributed by atoms with E-state index in [0.717, 1.165) is 6.54 Å². The molecule has 1 aliphatic heterocycles. The Kier molecular flexibility index (Phi) is 5.69. The van der Waals surface area contributed by atoms with Gasteiger partial charge in [0.05, 0.1) is 6.54 Å². The predicted molar refractivity (Wildman–Crippen MR) is 71.1 cm³/mol. The zero-order valence-corrected chi connectivity index (χ0v) is 11.3. The second-order valence-electron chi connectivity index (χ2n) is 4.32. The Balaban J connectivity index is 0.00000128. The van der Waals surface area contributed by atoms with E-state index in [9.17, 15) is 0 Å². The molecule has 1 aromatic heterocycles. The van der Waals surface area contributed by atoms with Gasteiger partial charge in [-0.3, -0.25) is 4.90 Å². The summed E-state index contributed by atoms with van der Waals surface area (Å²) in [5.41, 5.74) is 6.03. The number of hydrogen-bond acceptors (Lipinski definition) is 4. The Labute approximate surface area is 107 Å². The molecule has 1 saturated heterocycles. The molecule has 3 nitrogen and oxygen atoms in total. The van der Waals surface area contributed by atoms with Crippen LogP contribution in [0.4, 0.5) is 0 Å². The van der Waals surface area contributed by atoms with Gasteiger partial charge in [0.25, 0.3) is 0 Å². The first kappa shape index (κ1) is 13.9. The first-order chi connectivity index (χ1) is 7.27. The third-order valence-electron chi connectivity index (χ3n) is 3.09. The predicted octanol–water partition coefficient (Wildman–Crippen LogP) is 2.27. The minimum Gasteiger partial charge on any atom is -0.327 e. The number of piperidine rings is 1. The van der Waals surface area contributed by atoms with Crippen molar-refractivity contribution in [3.63, 3.8) is 0 Å². The van der Waals surface area contributed by atoms with E-state index in [1.54, 1.807) is 11.3 Å². The fourth-order valence-corrected chi connectivity index (χ4v) is 2.95. The maximum atomic E-state index is 6.03. The summed E-state index contributed by atoms with van der Waals surface area (Å²) in [5, 5.41) is 3.25. The molecule has 1 fully saturated rings. The SMILES string of the molecule is CC(N)C1CCCCN1Cc1nccs1.Cl. The molecule has 0 bridgehead atoms. The molecule has 0 aromatic carbocycles. The smallest absolute Gasteiger partial charge is 0.107 e. The van der Waals surface area contributed by atoms with Crippen molar-refractivity contribution in [1.82, 2.24) is 9.88 Å². The lowest BCUT2D eigenvalue weighted by atomic mass is 9.97. The highest BCUT2D eigenvalue weighted by molar-refractivity contribution is 7.09. The van der Waals surface area contributed by atoms with Crippen molar-refractivity contribution in [3.8, 4) is 0 Å². The quantitative estimate of drug-likeness (QED) is 0.908. The maximum Gasteiger partial charge on any atom is 0.107 e. The first-order valence-electron chi connectivity index (χ1n) is 5.65. The van der Waals surface area contributed by atoms with Crippen LogP contribution in [0.25, 0.3) is 0 Å². The normalized spacial score (nSPS) is 23.8. The molecular formula is C11H20ClN3S. The molecule has 16 heavy (non-hydrogen) atoms. The highest BCUT2D eigenvalue weighted by Crippen LogP contribution is 2.21. The number of aromatic nitrogens is 1. The number of rotatable bonds is 3. The standard InChI is InChI=1S/C11H19N3S.ClH/c1-9(12)10-4-2-3-6-14(10)8-11-13-5-7-15-11;/h5,7,9-10H,2-4,6,8,12H2,1H3;1H. The van der Waals surface area contributed by atoms with Crippen LogP contribution in [0.3, 0.4) is 0 Å². The van der Waals surface area contributed by atoms with E-state index in [2.05, 4.69) is 16.8 Å². The number of nitrogens with two attached hydrogens (primary N) is 1. The van der Waals surface area contributed by atoms with E-state index >= 15 is 0 Å². The lowest BCUT2D eigenvalue weighted by Gasteiger charge is -2.37. The van der Waals surface area contributed by atoms with Gasteiger partial charge in [0, 0.05) is 23.7 Å². The molecule has 92 valence electrons. The largest absolute Gasteiger partial charge is 0.327 e. The Morgan fingerprint density at radius 3 is 3.06 bits per heavy atom. The van der Waals surface area contributed by atoms with Crippen molar-refractivity contribution in [2.45, 2.75) is 44.8 Å². The molecule has 2 unspecified atom stereocenters. The van der Waals surface area contributed by atoms with Crippen LogP contribution in [0.15, 0.2) is 11.6 Å². The van der Waals surface area contributed by atoms with E-state index < -0.39 is 0 Å². The molecular weight excluding hydrogens is 242 g/mol. The molecule has 1 aromatic rings. The topological polar surface area (TPSA) is 42.1 Å². The average molecular weight is 262 g/mol. The fourth-order valence-electron chi connectivity index (χ4n) is 2.31. The summed E-state index contributed by atoms with van der Waals surface area (Å²) < 4.78 is 0. The highest BCUT2D eigenvalue weighted by atomic mass is 35.5. The van der Waals surface area contributed by atoms with E-state index in [1.807, 2.05) is 11.6 Å². The Morgan fingerprint density at radius 2 is 2.44 bits per heavy atom. The van der Waals surface area contributed by atoms with Crippen LogP contribution in [0.5, 0.6) is 0 Å². The summed E-state index contributed by atoms with van der Waals surface area (Å²) in [5.74, 6) is 0. The van der Waals surface area contributed by atoms with Gasteiger partial charge in [0.1, 0.15) is 5.01 Å². The van der Waals surface area contributed by atoms with E-state index in [4.69, 9.17) is 5.73 Å². The van der Waals surface area contributed by atoms with Crippen LogP contribution in [0.1, 0.15) is 31.2 Å². The summed E-state index contributed by atoms with van der Waals surface area (Å²) in [7, 11) is 0. The number of nitrogens with zero attached hydrogens (tertiary/aromatic N) is 2. The third kappa shape index (κ3) is 3.42. The van der Waals surface area contributed by atoms with Crippen molar-refractivity contribution in [2.24, 2.45) is 5.73 Å². The summed E-state index contributed by atoms with van der Waals surface area (Å²) in [6.07, 6.45) is 5.74. The second kappa shape index (κ2) is 6.55. The van der Waals surface area contributed by atoms with Gasteiger partial charge in [0.2, 0.25) is 0 Å².